The maximum atomic E-state index is 9.92. The van der Waals surface area contributed by atoms with E-state index in [0.717, 1.165) is 0 Å². The second-order valence-electron chi connectivity index (χ2n) is 13.5. The van der Waals surface area contributed by atoms with E-state index in [-0.39, 0.29) is 45.7 Å². The minimum atomic E-state index is -1.18. The highest BCUT2D eigenvalue weighted by molar-refractivity contribution is 6.12. The average molecular weight is 666 g/mol. The SMILES string of the molecule is [B][C@@H]1O[C@]2(CO)C(C)O[C@H]1[C@H]2O.[B][C@@H]1O[C@]2(CO)CO[C@H]1[C@@]2(C)O.[B][C@@H]1O[C@]2(CO)CO[C@H]1[C@H]2O.[B][C@@H]1O[C@]2([C@H](C)O)CO[C@H]1[C@H]2O. The molecular formula is C27H42B4O16. The van der Waals surface area contributed by atoms with Gasteiger partial charge in [0.15, 0.2) is 0 Å². The van der Waals surface area contributed by atoms with E-state index in [4.69, 9.17) is 84.6 Å². The summed E-state index contributed by atoms with van der Waals surface area (Å²) in [5.74, 6) is 0. The van der Waals surface area contributed by atoms with E-state index in [0.29, 0.717) is 0 Å². The molecule has 8 aliphatic heterocycles. The summed E-state index contributed by atoms with van der Waals surface area (Å²) in [4.78, 5) is 0. The quantitative estimate of drug-likeness (QED) is 0.130. The molecule has 20 heteroatoms. The van der Waals surface area contributed by atoms with Gasteiger partial charge in [0.2, 0.25) is 0 Å². The minimum Gasteiger partial charge on any atom is -0.393 e. The summed E-state index contributed by atoms with van der Waals surface area (Å²) >= 11 is 0. The largest absolute Gasteiger partial charge is 0.393 e. The zero-order chi connectivity index (χ0) is 34.9. The lowest BCUT2D eigenvalue weighted by atomic mass is 9.82. The summed E-state index contributed by atoms with van der Waals surface area (Å²) < 4.78 is 41.8. The van der Waals surface area contributed by atoms with Crippen LogP contribution in [0.2, 0.25) is 0 Å². The van der Waals surface area contributed by atoms with E-state index in [9.17, 15) is 25.5 Å². The highest BCUT2D eigenvalue weighted by Gasteiger charge is 2.67. The summed E-state index contributed by atoms with van der Waals surface area (Å²) in [5.41, 5.74) is -5.14. The predicted molar refractivity (Wildman–Crippen MR) is 159 cm³/mol. The fraction of sp³-hybridized carbons (Fsp3) is 1.00. The zero-order valence-corrected chi connectivity index (χ0v) is 26.4. The zero-order valence-electron chi connectivity index (χ0n) is 26.4. The molecule has 0 aliphatic carbocycles. The fourth-order valence-corrected chi connectivity index (χ4v) is 7.32. The number of hydrogen-bond acceptors (Lipinski definition) is 16. The first kappa shape index (κ1) is 37.9. The molecule has 0 aromatic heterocycles. The standard InChI is InChI=1S/3C7H11BO4.C6H9BO4/c1-6(10)4-5(8)12-7(6,2-9)3-11-4;1-3(9)7-2-11-4(5(7)10)6(8)12-7;1-3-7(2-9)5(10)4(11-3)6(8)12-7;7-5-3-4(9)6(1-8,11-5)2-10-3/h4-5,9-10H,2-3H2,1H3;2*3-6,9-10H,2H2,1H3;3-5,8-9H,1-2H2/t4-,5-,6-,7-;3-,4-,5+,6+,7-;3?,4-,5+,6+,7+;3-,4+,5+,6+/m1000/s1. The molecule has 258 valence electrons. The maximum absolute atomic E-state index is 9.92. The number of aliphatic hydroxyl groups excluding tert-OH is 7. The number of fused-ring (bicyclic) bond motifs is 8. The molecule has 8 rings (SSSR count). The van der Waals surface area contributed by atoms with Crippen molar-refractivity contribution in [1.82, 2.24) is 0 Å². The molecule has 0 amide bonds. The second kappa shape index (κ2) is 13.3. The van der Waals surface area contributed by atoms with Gasteiger partial charge >= 0.3 is 0 Å². The van der Waals surface area contributed by atoms with Crippen LogP contribution in [0.25, 0.3) is 0 Å². The van der Waals surface area contributed by atoms with Gasteiger partial charge in [-0.3, -0.25) is 0 Å². The third-order valence-electron chi connectivity index (χ3n) is 10.7. The first-order valence-corrected chi connectivity index (χ1v) is 15.4. The molecule has 0 aromatic carbocycles. The average Bonchev–Trinajstić information content (AvgIpc) is 3.86. The molecule has 18 atom stereocenters. The minimum absolute atomic E-state index is 0.203. The topological polar surface area (TPSA) is 236 Å². The van der Waals surface area contributed by atoms with Crippen molar-refractivity contribution in [3.8, 4) is 0 Å². The van der Waals surface area contributed by atoms with Crippen LogP contribution in [-0.4, -0.2) is 219 Å². The van der Waals surface area contributed by atoms with Gasteiger partial charge in [0.25, 0.3) is 0 Å². The summed E-state index contributed by atoms with van der Waals surface area (Å²) in [5, 5.41) is 75.1. The lowest BCUT2D eigenvalue weighted by Gasteiger charge is -2.33. The van der Waals surface area contributed by atoms with Gasteiger partial charge in [0.05, 0.1) is 51.8 Å². The second-order valence-corrected chi connectivity index (χ2v) is 13.5. The van der Waals surface area contributed by atoms with Gasteiger partial charge in [0.1, 0.15) is 102 Å². The Labute approximate surface area is 277 Å². The van der Waals surface area contributed by atoms with Crippen molar-refractivity contribution in [2.24, 2.45) is 0 Å². The third-order valence-corrected chi connectivity index (χ3v) is 10.7. The van der Waals surface area contributed by atoms with E-state index in [1.54, 1.807) is 20.8 Å². The number of aliphatic hydroxyl groups is 8. The lowest BCUT2D eigenvalue weighted by Crippen LogP contribution is -2.52. The van der Waals surface area contributed by atoms with Gasteiger partial charge in [0, 0.05) is 24.0 Å². The van der Waals surface area contributed by atoms with Crippen molar-refractivity contribution in [3.63, 3.8) is 0 Å². The smallest absolute Gasteiger partial charge is 0.145 e. The van der Waals surface area contributed by atoms with Crippen LogP contribution < -0.4 is 0 Å². The predicted octanol–water partition coefficient (Wildman–Crippen LogP) is -6.82. The van der Waals surface area contributed by atoms with Crippen LogP contribution in [0.5, 0.6) is 0 Å². The molecule has 8 fully saturated rings. The first-order chi connectivity index (χ1) is 21.9. The third kappa shape index (κ3) is 5.68. The molecule has 8 radical (unpaired) electrons. The van der Waals surface area contributed by atoms with Gasteiger partial charge in [-0.15, -0.1) is 0 Å². The lowest BCUT2D eigenvalue weighted by molar-refractivity contribution is -0.173. The van der Waals surface area contributed by atoms with E-state index >= 15 is 0 Å². The van der Waals surface area contributed by atoms with Crippen LogP contribution in [0.15, 0.2) is 0 Å². The maximum Gasteiger partial charge on any atom is 0.145 e. The fourth-order valence-electron chi connectivity index (χ4n) is 7.32. The molecule has 0 spiro atoms. The Hall–Kier alpha value is -0.380. The normalized spacial score (nSPS) is 56.4. The summed E-state index contributed by atoms with van der Waals surface area (Å²) in [6.45, 7) is 4.75. The molecule has 8 heterocycles. The van der Waals surface area contributed by atoms with Gasteiger partial charge in [-0.25, -0.2) is 0 Å². The molecular weight excluding hydrogens is 624 g/mol. The van der Waals surface area contributed by atoms with Crippen LogP contribution in [-0.2, 0) is 37.9 Å². The molecule has 1 unspecified atom stereocenters. The Morgan fingerprint density at radius 1 is 0.702 bits per heavy atom. The number of hydrogen-bond donors (Lipinski definition) is 8. The number of ether oxygens (including phenoxy) is 8. The van der Waals surface area contributed by atoms with Crippen molar-refractivity contribution in [2.45, 2.75) is 128 Å². The highest BCUT2D eigenvalue weighted by Crippen LogP contribution is 2.46. The van der Waals surface area contributed by atoms with Crippen molar-refractivity contribution in [1.29, 1.82) is 0 Å². The van der Waals surface area contributed by atoms with Crippen LogP contribution >= 0.6 is 0 Å². The summed E-state index contributed by atoms with van der Waals surface area (Å²) in [7, 11) is 22.0. The van der Waals surface area contributed by atoms with Crippen LogP contribution in [0.3, 0.4) is 0 Å². The van der Waals surface area contributed by atoms with Crippen LogP contribution in [0.4, 0.5) is 0 Å². The molecule has 0 aromatic rings. The molecule has 8 N–H and O–H groups in total. The van der Waals surface area contributed by atoms with E-state index in [1.807, 2.05) is 0 Å². The van der Waals surface area contributed by atoms with Gasteiger partial charge in [-0.1, -0.05) is 0 Å². The summed E-state index contributed by atoms with van der Waals surface area (Å²) in [6, 6.07) is -2.49. The molecule has 16 nitrogen and oxygen atoms in total. The van der Waals surface area contributed by atoms with Gasteiger partial charge in [-0.05, 0) is 20.8 Å². The molecule has 0 saturated carbocycles. The summed E-state index contributed by atoms with van der Waals surface area (Å²) in [6.07, 6.45) is -5.46. The van der Waals surface area contributed by atoms with Gasteiger partial charge < -0.3 is 78.7 Å². The van der Waals surface area contributed by atoms with Crippen molar-refractivity contribution in [2.75, 3.05) is 39.6 Å². The van der Waals surface area contributed by atoms with Crippen molar-refractivity contribution >= 4 is 31.4 Å². The molecule has 8 bridgehead atoms. The Kier molecular flexibility index (Phi) is 10.7. The van der Waals surface area contributed by atoms with Crippen molar-refractivity contribution < 1.29 is 78.7 Å². The number of rotatable bonds is 4. The van der Waals surface area contributed by atoms with Crippen molar-refractivity contribution in [3.05, 3.63) is 0 Å². The van der Waals surface area contributed by atoms with E-state index in [2.05, 4.69) is 0 Å². The first-order valence-electron chi connectivity index (χ1n) is 15.4. The Bertz CT molecular complexity index is 1100. The van der Waals surface area contributed by atoms with Gasteiger partial charge in [-0.2, -0.15) is 0 Å². The molecule has 8 saturated heterocycles. The Balaban J connectivity index is 0.000000123. The van der Waals surface area contributed by atoms with Crippen LogP contribution in [0.1, 0.15) is 20.8 Å². The van der Waals surface area contributed by atoms with E-state index < -0.39 is 101 Å². The Morgan fingerprint density at radius 2 is 1.30 bits per heavy atom. The Morgan fingerprint density at radius 3 is 1.57 bits per heavy atom. The highest BCUT2D eigenvalue weighted by atomic mass is 16.7. The molecule has 8 aliphatic rings. The monoisotopic (exact) mass is 666 g/mol. The van der Waals surface area contributed by atoms with E-state index in [1.165, 1.54) is 0 Å². The van der Waals surface area contributed by atoms with Crippen LogP contribution in [0, 0.1) is 0 Å². The molecule has 47 heavy (non-hydrogen) atoms.